The summed E-state index contributed by atoms with van der Waals surface area (Å²) in [6, 6.07) is 14.5. The van der Waals surface area contributed by atoms with Gasteiger partial charge >= 0.3 is 0 Å². The molecule has 136 valence electrons. The lowest BCUT2D eigenvalue weighted by molar-refractivity contribution is 0.117. The smallest absolute Gasteiger partial charge is 0.183 e. The van der Waals surface area contributed by atoms with Crippen molar-refractivity contribution in [3.05, 3.63) is 65.5 Å². The minimum Gasteiger partial charge on any atom is -0.380 e. The first-order valence-corrected chi connectivity index (χ1v) is 9.96. The van der Waals surface area contributed by atoms with Gasteiger partial charge in [-0.05, 0) is 43.7 Å². The lowest BCUT2D eigenvalue weighted by Crippen LogP contribution is -2.19. The molecule has 6 heteroatoms. The molecule has 1 fully saturated rings. The van der Waals surface area contributed by atoms with Crippen molar-refractivity contribution in [2.45, 2.75) is 29.9 Å². The van der Waals surface area contributed by atoms with Gasteiger partial charge in [0.05, 0.1) is 22.8 Å². The molecular weight excluding hydrogens is 353 g/mol. The van der Waals surface area contributed by atoms with Gasteiger partial charge in [0.2, 0.25) is 0 Å². The molecule has 1 aliphatic carbocycles. The van der Waals surface area contributed by atoms with Crippen molar-refractivity contribution in [3.63, 3.8) is 0 Å². The van der Waals surface area contributed by atoms with E-state index in [2.05, 4.69) is 6.07 Å². The number of ether oxygens (including phenoxy) is 1. The second-order valence-corrected chi connectivity index (χ2v) is 8.67. The molecule has 0 radical (unpaired) electrons. The number of halogens is 1. The molecule has 0 aliphatic heterocycles. The number of nitriles is 1. The van der Waals surface area contributed by atoms with Gasteiger partial charge in [0.1, 0.15) is 11.2 Å². The lowest BCUT2D eigenvalue weighted by Gasteiger charge is -2.10. The molecule has 0 N–H and O–H groups in total. The minimum absolute atomic E-state index is 0.00304. The van der Waals surface area contributed by atoms with Crippen LogP contribution < -0.4 is 0 Å². The highest BCUT2D eigenvalue weighted by atomic mass is 32.2. The summed E-state index contributed by atoms with van der Waals surface area (Å²) in [6.07, 6.45) is 0. The predicted molar refractivity (Wildman–Crippen MR) is 95.8 cm³/mol. The van der Waals surface area contributed by atoms with Crippen molar-refractivity contribution >= 4 is 9.84 Å². The number of rotatable bonds is 6. The molecular formula is C20H20FNO3S. The molecule has 3 rings (SSSR count). The number of benzene rings is 2. The number of hydrogen-bond acceptors (Lipinski definition) is 4. The van der Waals surface area contributed by atoms with E-state index in [1.54, 1.807) is 37.3 Å². The monoisotopic (exact) mass is 373 g/mol. The first-order valence-electron chi connectivity index (χ1n) is 8.42. The van der Waals surface area contributed by atoms with E-state index in [9.17, 15) is 18.1 Å². The van der Waals surface area contributed by atoms with Gasteiger partial charge in [-0.25, -0.2) is 12.8 Å². The molecule has 2 aromatic rings. The average Bonchev–Trinajstić information content (AvgIpc) is 3.31. The quantitative estimate of drug-likeness (QED) is 0.776. The Kier molecular flexibility index (Phi) is 4.87. The van der Waals surface area contributed by atoms with Crippen LogP contribution in [0.15, 0.2) is 53.4 Å². The Bertz CT molecular complexity index is 950. The van der Waals surface area contributed by atoms with Crippen LogP contribution >= 0.6 is 0 Å². The molecule has 0 unspecified atom stereocenters. The number of nitrogens with zero attached hydrogens (tertiary/aromatic N) is 1. The Balaban J connectivity index is 2.07. The predicted octanol–water partition coefficient (Wildman–Crippen LogP) is 3.62. The Hall–Kier alpha value is -2.23. The molecule has 0 spiro atoms. The van der Waals surface area contributed by atoms with E-state index in [0.29, 0.717) is 12.2 Å². The molecule has 0 bridgehead atoms. The van der Waals surface area contributed by atoms with E-state index >= 15 is 0 Å². The lowest BCUT2D eigenvalue weighted by atomic mass is 10.0. The largest absolute Gasteiger partial charge is 0.380 e. The fourth-order valence-corrected chi connectivity index (χ4v) is 5.83. The zero-order chi connectivity index (χ0) is 18.9. The summed E-state index contributed by atoms with van der Waals surface area (Å²) >= 11 is 0. The molecule has 0 amide bonds. The van der Waals surface area contributed by atoms with Crippen LogP contribution in [0.5, 0.6) is 0 Å². The van der Waals surface area contributed by atoms with Gasteiger partial charge in [-0.2, -0.15) is 5.26 Å². The zero-order valence-corrected chi connectivity index (χ0v) is 15.5. The SMILES string of the molecule is CCOC[C@]1(C#N)[C@@H](c2cccc(F)c2)[C@@H]1S(=O)(=O)c1ccc(C)cc1. The highest BCUT2D eigenvalue weighted by Crippen LogP contribution is 2.63. The highest BCUT2D eigenvalue weighted by molar-refractivity contribution is 7.92. The molecule has 0 aromatic heterocycles. The number of hydrogen-bond donors (Lipinski definition) is 0. The maximum Gasteiger partial charge on any atom is 0.183 e. The van der Waals surface area contributed by atoms with Gasteiger partial charge in [-0.1, -0.05) is 29.8 Å². The third-order valence-corrected chi connectivity index (χ3v) is 7.19. The summed E-state index contributed by atoms with van der Waals surface area (Å²) in [6.45, 7) is 4.03. The van der Waals surface area contributed by atoms with Gasteiger partial charge in [-0.15, -0.1) is 0 Å². The van der Waals surface area contributed by atoms with Gasteiger partial charge in [0.25, 0.3) is 0 Å². The minimum atomic E-state index is -3.77. The third kappa shape index (κ3) is 3.02. The first-order chi connectivity index (χ1) is 12.4. The van der Waals surface area contributed by atoms with Gasteiger partial charge in [0.15, 0.2) is 9.84 Å². The van der Waals surface area contributed by atoms with E-state index in [4.69, 9.17) is 4.74 Å². The van der Waals surface area contributed by atoms with E-state index in [0.717, 1.165) is 5.56 Å². The molecule has 1 aliphatic rings. The van der Waals surface area contributed by atoms with Crippen LogP contribution in [0.1, 0.15) is 24.0 Å². The van der Waals surface area contributed by atoms with Crippen molar-refractivity contribution in [1.82, 2.24) is 0 Å². The Morgan fingerprint density at radius 1 is 1.23 bits per heavy atom. The van der Waals surface area contributed by atoms with E-state index in [-0.39, 0.29) is 11.5 Å². The molecule has 0 saturated heterocycles. The maximum atomic E-state index is 13.7. The zero-order valence-electron chi connectivity index (χ0n) is 14.6. The van der Waals surface area contributed by atoms with E-state index < -0.39 is 32.2 Å². The van der Waals surface area contributed by atoms with Crippen LogP contribution in [0.4, 0.5) is 4.39 Å². The summed E-state index contributed by atoms with van der Waals surface area (Å²) in [5, 5.41) is 8.86. The molecule has 2 aromatic carbocycles. The topological polar surface area (TPSA) is 67.2 Å². The summed E-state index contributed by atoms with van der Waals surface area (Å²) in [7, 11) is -3.77. The van der Waals surface area contributed by atoms with Gasteiger partial charge in [0, 0.05) is 12.5 Å². The summed E-state index contributed by atoms with van der Waals surface area (Å²) in [5.41, 5.74) is 0.238. The maximum absolute atomic E-state index is 13.7. The van der Waals surface area contributed by atoms with Crippen molar-refractivity contribution in [2.24, 2.45) is 5.41 Å². The molecule has 1 saturated carbocycles. The number of sulfone groups is 1. The molecule has 4 nitrogen and oxygen atoms in total. The van der Waals surface area contributed by atoms with Crippen molar-refractivity contribution in [2.75, 3.05) is 13.2 Å². The van der Waals surface area contributed by atoms with Crippen LogP contribution in [0.2, 0.25) is 0 Å². The normalized spacial score (nSPS) is 24.8. The Labute approximate surface area is 153 Å². The molecule has 26 heavy (non-hydrogen) atoms. The number of aryl methyl sites for hydroxylation is 1. The molecule has 0 heterocycles. The standard InChI is InChI=1S/C20H20FNO3S/c1-3-25-13-20(12-22)18(15-5-4-6-16(21)11-15)19(20)26(23,24)17-9-7-14(2)8-10-17/h4-11,18-19H,3,13H2,1-2H3/t18-,19-,20+/m0/s1. The average molecular weight is 373 g/mol. The van der Waals surface area contributed by atoms with Crippen molar-refractivity contribution < 1.29 is 17.5 Å². The van der Waals surface area contributed by atoms with Crippen molar-refractivity contribution in [3.8, 4) is 6.07 Å². The fraction of sp³-hybridized carbons (Fsp3) is 0.350. The van der Waals surface area contributed by atoms with Crippen LogP contribution in [-0.2, 0) is 14.6 Å². The van der Waals surface area contributed by atoms with E-state index in [1.165, 1.54) is 18.2 Å². The first kappa shape index (κ1) is 18.6. The van der Waals surface area contributed by atoms with Gasteiger partial charge in [-0.3, -0.25) is 0 Å². The third-order valence-electron chi connectivity index (χ3n) is 4.90. The second kappa shape index (κ2) is 6.82. The summed E-state index contributed by atoms with van der Waals surface area (Å²) in [4.78, 5) is 0.170. The highest BCUT2D eigenvalue weighted by Gasteiger charge is 2.72. The van der Waals surface area contributed by atoms with Gasteiger partial charge < -0.3 is 4.74 Å². The van der Waals surface area contributed by atoms with Crippen molar-refractivity contribution in [1.29, 1.82) is 5.26 Å². The summed E-state index contributed by atoms with van der Waals surface area (Å²) in [5.74, 6) is -1.08. The van der Waals surface area contributed by atoms with Crippen LogP contribution in [0.3, 0.4) is 0 Å². The second-order valence-electron chi connectivity index (χ2n) is 6.60. The van der Waals surface area contributed by atoms with Crippen LogP contribution in [0, 0.1) is 29.5 Å². The molecule has 3 atom stereocenters. The van der Waals surface area contributed by atoms with Crippen LogP contribution in [0.25, 0.3) is 0 Å². The summed E-state index contributed by atoms with van der Waals surface area (Å²) < 4.78 is 45.5. The Morgan fingerprint density at radius 3 is 2.50 bits per heavy atom. The fourth-order valence-electron chi connectivity index (χ4n) is 3.52. The van der Waals surface area contributed by atoms with E-state index in [1.807, 2.05) is 6.92 Å². The van der Waals surface area contributed by atoms with Crippen LogP contribution in [-0.4, -0.2) is 26.9 Å². The Morgan fingerprint density at radius 2 is 1.92 bits per heavy atom.